The van der Waals surface area contributed by atoms with Gasteiger partial charge in [-0.15, -0.1) is 0 Å². The molecule has 0 atom stereocenters. The molecule has 0 aliphatic carbocycles. The van der Waals surface area contributed by atoms with Gasteiger partial charge in [0.05, 0.1) is 0 Å². The van der Waals surface area contributed by atoms with Crippen LogP contribution in [-0.4, -0.2) is 77.2 Å². The van der Waals surface area contributed by atoms with E-state index in [0.29, 0.717) is 0 Å². The standard InChI is InChI=1S/4C2H7O2P.Sn/c4*1-5(2,3)4;/h4*1-2H3,(H,3,4);/q;;;;+4/p-4. The van der Waals surface area contributed by atoms with E-state index in [9.17, 15) is 37.8 Å². The minimum atomic E-state index is -2.89. The summed E-state index contributed by atoms with van der Waals surface area (Å²) < 4.78 is 38.6. The van der Waals surface area contributed by atoms with Gasteiger partial charge in [0, 0.05) is 29.5 Å². The fraction of sp³-hybridized carbons (Fsp3) is 1.00. The van der Waals surface area contributed by atoms with Crippen molar-refractivity contribution in [2.75, 3.05) is 53.3 Å². The van der Waals surface area contributed by atoms with Crippen LogP contribution in [0.3, 0.4) is 0 Å². The van der Waals surface area contributed by atoms with Crippen LogP contribution in [0.25, 0.3) is 0 Å². The van der Waals surface area contributed by atoms with Gasteiger partial charge in [-0.1, -0.05) is 0 Å². The molecule has 0 bridgehead atoms. The van der Waals surface area contributed by atoms with Gasteiger partial charge in [-0.2, -0.15) is 0 Å². The molecule has 128 valence electrons. The maximum Gasteiger partial charge on any atom is 4.00 e. The molecule has 0 heterocycles. The number of hydrogen-bond acceptors (Lipinski definition) is 8. The molecule has 0 fully saturated rings. The molecule has 0 amide bonds. The fourth-order valence-electron chi connectivity index (χ4n) is 0. The number of hydrogen-bond donors (Lipinski definition) is 0. The van der Waals surface area contributed by atoms with E-state index in [4.69, 9.17) is 0 Å². The molecular formula is C8H24O8P4Sn. The zero-order chi connectivity index (χ0) is 18.0. The molecule has 0 aliphatic rings. The van der Waals surface area contributed by atoms with E-state index < -0.39 is 29.5 Å². The molecule has 0 aromatic heterocycles. The van der Waals surface area contributed by atoms with Crippen molar-refractivity contribution >= 4 is 53.4 Å². The molecule has 0 aromatic rings. The summed E-state index contributed by atoms with van der Waals surface area (Å²) in [6.07, 6.45) is 0. The van der Waals surface area contributed by atoms with Crippen LogP contribution in [-0.2, 0) is 18.3 Å². The second-order valence-electron chi connectivity index (χ2n) is 5.01. The quantitative estimate of drug-likeness (QED) is 0.313. The van der Waals surface area contributed by atoms with E-state index in [2.05, 4.69) is 0 Å². The summed E-state index contributed by atoms with van der Waals surface area (Å²) in [5, 5.41) is 0. The molecule has 0 saturated carbocycles. The zero-order valence-electron chi connectivity index (χ0n) is 13.6. The summed E-state index contributed by atoms with van der Waals surface area (Å²) in [6, 6.07) is 0. The van der Waals surface area contributed by atoms with Crippen LogP contribution in [0.5, 0.6) is 0 Å². The monoisotopic (exact) mass is 492 g/mol. The minimum Gasteiger partial charge on any atom is -0.800 e. The Balaban J connectivity index is -0.0000000533. The Morgan fingerprint density at radius 1 is 0.429 bits per heavy atom. The minimum absolute atomic E-state index is 0. The van der Waals surface area contributed by atoms with Crippen molar-refractivity contribution in [3.05, 3.63) is 0 Å². The topological polar surface area (TPSA) is 161 Å². The molecule has 0 rings (SSSR count). The molecule has 8 nitrogen and oxygen atoms in total. The summed E-state index contributed by atoms with van der Waals surface area (Å²) in [5.74, 6) is 0. The zero-order valence-corrected chi connectivity index (χ0v) is 20.0. The van der Waals surface area contributed by atoms with Crippen LogP contribution in [0.4, 0.5) is 0 Å². The third kappa shape index (κ3) is 3390. The van der Waals surface area contributed by atoms with Crippen LogP contribution in [0.15, 0.2) is 0 Å². The third-order valence-electron chi connectivity index (χ3n) is 0. The van der Waals surface area contributed by atoms with Gasteiger partial charge in [0.15, 0.2) is 0 Å². The van der Waals surface area contributed by atoms with Crippen molar-refractivity contribution in [1.29, 1.82) is 0 Å². The van der Waals surface area contributed by atoms with Gasteiger partial charge in [0.25, 0.3) is 0 Å². The van der Waals surface area contributed by atoms with Crippen LogP contribution >= 0.6 is 29.5 Å². The SMILES string of the molecule is CP(C)(=O)[O-].CP(C)(=O)[O-].CP(C)(=O)[O-].CP(C)(=O)[O-].[Sn+4]. The summed E-state index contributed by atoms with van der Waals surface area (Å²) >= 11 is 0. The molecule has 0 spiro atoms. The molecule has 0 aliphatic heterocycles. The van der Waals surface area contributed by atoms with Crippen LogP contribution < -0.4 is 19.6 Å². The molecule has 0 N–H and O–H groups in total. The average Bonchev–Trinajstić information content (AvgIpc) is 1.62. The van der Waals surface area contributed by atoms with Gasteiger partial charge in [0.2, 0.25) is 0 Å². The van der Waals surface area contributed by atoms with Crippen molar-refractivity contribution < 1.29 is 37.8 Å². The van der Waals surface area contributed by atoms with Crippen LogP contribution in [0.2, 0.25) is 0 Å². The first kappa shape index (κ1) is 34.0. The Hall–Kier alpha value is 1.56. The predicted octanol–water partition coefficient (Wildman–Crippen LogP) is -0.843. The maximum atomic E-state index is 9.66. The van der Waals surface area contributed by atoms with E-state index in [1.54, 1.807) is 0 Å². The number of rotatable bonds is 0. The largest absolute Gasteiger partial charge is 4.00 e. The molecule has 0 saturated heterocycles. The van der Waals surface area contributed by atoms with E-state index in [1.807, 2.05) is 0 Å². The smallest absolute Gasteiger partial charge is 0.800 e. The Bertz CT molecular complexity index is 301. The Morgan fingerprint density at radius 2 is 0.429 bits per heavy atom. The molecule has 0 aromatic carbocycles. The summed E-state index contributed by atoms with van der Waals surface area (Å²) in [4.78, 5) is 38.6. The van der Waals surface area contributed by atoms with Gasteiger partial charge < -0.3 is 37.8 Å². The maximum absolute atomic E-state index is 9.66. The second-order valence-corrected chi connectivity index (χ2v) is 15.0. The van der Waals surface area contributed by atoms with E-state index >= 15 is 0 Å². The third-order valence-corrected chi connectivity index (χ3v) is 0. The van der Waals surface area contributed by atoms with Crippen molar-refractivity contribution in [1.82, 2.24) is 0 Å². The molecule has 13 heteroatoms. The second kappa shape index (κ2) is 13.9. The first-order chi connectivity index (χ1) is 8.00. The predicted molar refractivity (Wildman–Crippen MR) is 83.6 cm³/mol. The summed E-state index contributed by atoms with van der Waals surface area (Å²) in [6.45, 7) is 9.50. The summed E-state index contributed by atoms with van der Waals surface area (Å²) in [7, 11) is -11.6. The molecular weight excluding hydrogens is 467 g/mol. The first-order valence-corrected chi connectivity index (χ1v) is 15.1. The van der Waals surface area contributed by atoms with Gasteiger partial charge in [-0.3, -0.25) is 0 Å². The van der Waals surface area contributed by atoms with Crippen molar-refractivity contribution in [3.63, 3.8) is 0 Å². The Kier molecular flexibility index (Phi) is 22.6. The average molecular weight is 491 g/mol. The molecule has 0 unspecified atom stereocenters. The summed E-state index contributed by atoms with van der Waals surface area (Å²) in [5.41, 5.74) is 0. The van der Waals surface area contributed by atoms with E-state index in [0.717, 1.165) is 0 Å². The van der Waals surface area contributed by atoms with Crippen molar-refractivity contribution in [3.8, 4) is 0 Å². The first-order valence-electron chi connectivity index (χ1n) is 5.04. The van der Waals surface area contributed by atoms with E-state index in [-0.39, 0.29) is 23.9 Å². The van der Waals surface area contributed by atoms with Gasteiger partial charge in [-0.05, 0) is 53.3 Å². The Morgan fingerprint density at radius 3 is 0.429 bits per heavy atom. The molecule has 21 heavy (non-hydrogen) atoms. The Labute approximate surface area is 144 Å². The van der Waals surface area contributed by atoms with Crippen LogP contribution in [0, 0.1) is 0 Å². The van der Waals surface area contributed by atoms with Gasteiger partial charge in [-0.25, -0.2) is 0 Å². The van der Waals surface area contributed by atoms with Crippen LogP contribution in [0.1, 0.15) is 0 Å². The van der Waals surface area contributed by atoms with Crippen molar-refractivity contribution in [2.24, 2.45) is 0 Å². The van der Waals surface area contributed by atoms with Crippen molar-refractivity contribution in [2.45, 2.75) is 0 Å². The normalized spacial score (nSPS) is 11.2. The fourth-order valence-corrected chi connectivity index (χ4v) is 0. The van der Waals surface area contributed by atoms with Gasteiger partial charge in [0.1, 0.15) is 0 Å². The van der Waals surface area contributed by atoms with Gasteiger partial charge >= 0.3 is 23.9 Å². The molecule has 0 radical (unpaired) electrons. The van der Waals surface area contributed by atoms with E-state index in [1.165, 1.54) is 53.3 Å².